The fraction of sp³-hybridized carbons (Fsp3) is 0.500. The predicted molar refractivity (Wildman–Crippen MR) is 95.2 cm³/mol. The molecule has 1 atom stereocenters. The van der Waals surface area contributed by atoms with Gasteiger partial charge in [-0.25, -0.2) is 13.6 Å². The van der Waals surface area contributed by atoms with Crippen LogP contribution in [0.1, 0.15) is 18.4 Å². The lowest BCUT2D eigenvalue weighted by Crippen LogP contribution is -2.48. The first kappa shape index (κ1) is 18.2. The highest BCUT2D eigenvalue weighted by molar-refractivity contribution is 7.99. The largest absolute Gasteiger partial charge is 0.354 e. The fourth-order valence-electron chi connectivity index (χ4n) is 2.74. The van der Waals surface area contributed by atoms with Gasteiger partial charge in [-0.1, -0.05) is 12.1 Å². The number of amides is 2. The Bertz CT molecular complexity index is 760. The van der Waals surface area contributed by atoms with Gasteiger partial charge in [0.15, 0.2) is 0 Å². The van der Waals surface area contributed by atoms with Crippen molar-refractivity contribution in [2.45, 2.75) is 30.2 Å². The maximum atomic E-state index is 12.4. The summed E-state index contributed by atoms with van der Waals surface area (Å²) in [4.78, 5) is 26.3. The molecule has 1 saturated carbocycles. The lowest BCUT2D eigenvalue weighted by atomic mass is 10.1. The van der Waals surface area contributed by atoms with Gasteiger partial charge < -0.3 is 10.2 Å². The Morgan fingerprint density at radius 3 is 2.52 bits per heavy atom. The number of benzene rings is 1. The van der Waals surface area contributed by atoms with E-state index in [1.54, 1.807) is 28.8 Å². The van der Waals surface area contributed by atoms with Gasteiger partial charge >= 0.3 is 0 Å². The first-order chi connectivity index (χ1) is 11.9. The van der Waals surface area contributed by atoms with E-state index in [-0.39, 0.29) is 28.7 Å². The molecule has 136 valence electrons. The SMILES string of the molecule is NS(=O)(=O)c1ccc(CCNC(=O)[C@@H]2CSCN2C(=O)C2CC2)cc1. The summed E-state index contributed by atoms with van der Waals surface area (Å²) in [5.41, 5.74) is 0.902. The van der Waals surface area contributed by atoms with Crippen LogP contribution in [0.2, 0.25) is 0 Å². The molecule has 1 aliphatic heterocycles. The van der Waals surface area contributed by atoms with Crippen molar-refractivity contribution in [1.29, 1.82) is 0 Å². The van der Waals surface area contributed by atoms with Crippen molar-refractivity contribution >= 4 is 33.6 Å². The quantitative estimate of drug-likeness (QED) is 0.734. The predicted octanol–water partition coefficient (Wildman–Crippen LogP) is 0.304. The number of hydrogen-bond donors (Lipinski definition) is 2. The average Bonchev–Trinajstić information content (AvgIpc) is 3.30. The second kappa shape index (κ2) is 7.35. The fourth-order valence-corrected chi connectivity index (χ4v) is 4.41. The highest BCUT2D eigenvalue weighted by atomic mass is 32.2. The van der Waals surface area contributed by atoms with Gasteiger partial charge in [-0.15, -0.1) is 11.8 Å². The van der Waals surface area contributed by atoms with E-state index in [9.17, 15) is 18.0 Å². The van der Waals surface area contributed by atoms with Gasteiger partial charge in [0.05, 0.1) is 10.8 Å². The molecule has 0 spiro atoms. The van der Waals surface area contributed by atoms with E-state index in [4.69, 9.17) is 5.14 Å². The van der Waals surface area contributed by atoms with E-state index in [1.807, 2.05) is 0 Å². The summed E-state index contributed by atoms with van der Waals surface area (Å²) in [6, 6.07) is 5.88. The number of carbonyl (C=O) groups excluding carboxylic acids is 2. The number of primary sulfonamides is 1. The molecule has 3 N–H and O–H groups in total. The van der Waals surface area contributed by atoms with Crippen molar-refractivity contribution in [2.24, 2.45) is 11.1 Å². The highest BCUT2D eigenvalue weighted by Crippen LogP contribution is 2.34. The molecule has 3 rings (SSSR count). The minimum Gasteiger partial charge on any atom is -0.354 e. The van der Waals surface area contributed by atoms with Gasteiger partial charge in [-0.2, -0.15) is 0 Å². The third-order valence-corrected chi connectivity index (χ3v) is 6.30. The van der Waals surface area contributed by atoms with Crippen molar-refractivity contribution in [3.63, 3.8) is 0 Å². The number of carbonyl (C=O) groups is 2. The average molecular weight is 383 g/mol. The van der Waals surface area contributed by atoms with Gasteiger partial charge in [0.25, 0.3) is 0 Å². The van der Waals surface area contributed by atoms with Crippen LogP contribution in [0.25, 0.3) is 0 Å². The summed E-state index contributed by atoms with van der Waals surface area (Å²) >= 11 is 1.60. The minimum atomic E-state index is -3.69. The van der Waals surface area contributed by atoms with Crippen LogP contribution < -0.4 is 10.5 Å². The lowest BCUT2D eigenvalue weighted by molar-refractivity contribution is -0.138. The van der Waals surface area contributed by atoms with Gasteiger partial charge in [0, 0.05) is 18.2 Å². The van der Waals surface area contributed by atoms with Gasteiger partial charge in [0.2, 0.25) is 21.8 Å². The lowest BCUT2D eigenvalue weighted by Gasteiger charge is -2.23. The smallest absolute Gasteiger partial charge is 0.243 e. The number of thioether (sulfide) groups is 1. The van der Waals surface area contributed by atoms with E-state index in [0.717, 1.165) is 18.4 Å². The zero-order valence-electron chi connectivity index (χ0n) is 13.7. The Balaban J connectivity index is 1.49. The third kappa shape index (κ3) is 4.53. The zero-order chi connectivity index (χ0) is 18.0. The second-order valence-corrected chi connectivity index (χ2v) is 8.89. The topological polar surface area (TPSA) is 110 Å². The molecule has 25 heavy (non-hydrogen) atoms. The number of nitrogens with zero attached hydrogens (tertiary/aromatic N) is 1. The monoisotopic (exact) mass is 383 g/mol. The van der Waals surface area contributed by atoms with Crippen LogP contribution in [0.15, 0.2) is 29.2 Å². The molecule has 1 aliphatic carbocycles. The molecule has 0 aromatic heterocycles. The number of sulfonamides is 1. The molecule has 0 bridgehead atoms. The summed E-state index contributed by atoms with van der Waals surface area (Å²) in [7, 11) is -3.69. The molecular weight excluding hydrogens is 362 g/mol. The molecule has 7 nitrogen and oxygen atoms in total. The summed E-state index contributed by atoms with van der Waals surface area (Å²) in [5.74, 6) is 1.31. The van der Waals surface area contributed by atoms with Crippen molar-refractivity contribution in [2.75, 3.05) is 18.2 Å². The molecule has 0 unspecified atom stereocenters. The van der Waals surface area contributed by atoms with E-state index >= 15 is 0 Å². The number of rotatable bonds is 6. The van der Waals surface area contributed by atoms with E-state index in [2.05, 4.69) is 5.32 Å². The Morgan fingerprint density at radius 1 is 1.24 bits per heavy atom. The van der Waals surface area contributed by atoms with Crippen LogP contribution >= 0.6 is 11.8 Å². The number of hydrogen-bond acceptors (Lipinski definition) is 5. The van der Waals surface area contributed by atoms with Crippen molar-refractivity contribution in [3.05, 3.63) is 29.8 Å². The molecule has 1 saturated heterocycles. The molecule has 9 heteroatoms. The van der Waals surface area contributed by atoms with Crippen molar-refractivity contribution in [1.82, 2.24) is 10.2 Å². The van der Waals surface area contributed by atoms with Gasteiger partial charge in [-0.05, 0) is 37.0 Å². The molecule has 2 aliphatic rings. The van der Waals surface area contributed by atoms with E-state index in [0.29, 0.717) is 24.6 Å². The van der Waals surface area contributed by atoms with Crippen molar-refractivity contribution in [3.8, 4) is 0 Å². The Kier molecular flexibility index (Phi) is 5.35. The molecule has 2 amide bonds. The van der Waals surface area contributed by atoms with Crippen LogP contribution in [0.5, 0.6) is 0 Å². The molecule has 1 heterocycles. The summed E-state index contributed by atoms with van der Waals surface area (Å²) in [5, 5.41) is 7.93. The zero-order valence-corrected chi connectivity index (χ0v) is 15.3. The van der Waals surface area contributed by atoms with Gasteiger partial charge in [-0.3, -0.25) is 9.59 Å². The Hall–Kier alpha value is -1.58. The number of nitrogens with one attached hydrogen (secondary N) is 1. The Labute approximate surface area is 151 Å². The minimum absolute atomic E-state index is 0.0671. The first-order valence-electron chi connectivity index (χ1n) is 8.14. The third-order valence-electron chi connectivity index (χ3n) is 4.36. The van der Waals surface area contributed by atoms with Crippen LogP contribution in [-0.4, -0.2) is 49.3 Å². The first-order valence-corrected chi connectivity index (χ1v) is 10.8. The van der Waals surface area contributed by atoms with E-state index in [1.165, 1.54) is 12.1 Å². The number of nitrogens with two attached hydrogens (primary N) is 1. The Morgan fingerprint density at radius 2 is 1.92 bits per heavy atom. The highest BCUT2D eigenvalue weighted by Gasteiger charge is 2.41. The standard InChI is InChI=1S/C16H21N3O4S2/c17-25(22,23)13-5-1-11(2-6-13)7-8-18-15(20)14-9-24-10-19(14)16(21)12-3-4-12/h1-2,5-6,12,14H,3-4,7-10H2,(H,18,20)(H2,17,22,23)/t14-/m0/s1. The summed E-state index contributed by atoms with van der Waals surface area (Å²) < 4.78 is 22.4. The molecule has 1 aromatic rings. The van der Waals surface area contributed by atoms with Gasteiger partial charge in [0.1, 0.15) is 6.04 Å². The normalized spacial score (nSPS) is 20.5. The van der Waals surface area contributed by atoms with Crippen LogP contribution in [0.3, 0.4) is 0 Å². The van der Waals surface area contributed by atoms with E-state index < -0.39 is 10.0 Å². The summed E-state index contributed by atoms with van der Waals surface area (Å²) in [6.45, 7) is 0.431. The van der Waals surface area contributed by atoms with Crippen LogP contribution in [0, 0.1) is 5.92 Å². The molecule has 1 aromatic carbocycles. The molecule has 0 radical (unpaired) electrons. The van der Waals surface area contributed by atoms with Crippen LogP contribution in [-0.2, 0) is 26.0 Å². The maximum absolute atomic E-state index is 12.4. The molecular formula is C16H21N3O4S2. The van der Waals surface area contributed by atoms with Crippen LogP contribution in [0.4, 0.5) is 0 Å². The summed E-state index contributed by atoms with van der Waals surface area (Å²) in [6.07, 6.45) is 2.44. The maximum Gasteiger partial charge on any atom is 0.243 e. The van der Waals surface area contributed by atoms with Crippen molar-refractivity contribution < 1.29 is 18.0 Å². The molecule has 2 fully saturated rings. The second-order valence-electron chi connectivity index (χ2n) is 6.33.